The van der Waals surface area contributed by atoms with Gasteiger partial charge in [-0.2, -0.15) is 5.10 Å². The van der Waals surface area contributed by atoms with Crippen LogP contribution < -0.4 is 4.90 Å². The van der Waals surface area contributed by atoms with E-state index in [0.29, 0.717) is 23.7 Å². The number of fused-ring (bicyclic) bond motifs is 1. The number of aromatic nitrogens is 3. The molecule has 10 heteroatoms. The van der Waals surface area contributed by atoms with E-state index in [4.69, 9.17) is 0 Å². The zero-order valence-electron chi connectivity index (χ0n) is 17.2. The predicted molar refractivity (Wildman–Crippen MR) is 115 cm³/mol. The van der Waals surface area contributed by atoms with E-state index in [1.165, 1.54) is 17.6 Å². The minimum atomic E-state index is -3.31. The van der Waals surface area contributed by atoms with Crippen LogP contribution in [0, 0.1) is 13.8 Å². The maximum absolute atomic E-state index is 13.1. The highest BCUT2D eigenvalue weighted by Gasteiger charge is 2.22. The molecule has 0 atom stereocenters. The van der Waals surface area contributed by atoms with Gasteiger partial charge in [0.05, 0.1) is 20.8 Å². The molecule has 0 fully saturated rings. The van der Waals surface area contributed by atoms with E-state index in [1.54, 1.807) is 27.8 Å². The number of amides is 1. The number of thiazole rings is 1. The van der Waals surface area contributed by atoms with Gasteiger partial charge in [0.15, 0.2) is 15.0 Å². The second-order valence-corrected chi connectivity index (χ2v) is 10.4. The van der Waals surface area contributed by atoms with Crippen LogP contribution in [0.2, 0.25) is 0 Å². The molecule has 1 aromatic carbocycles. The Kier molecular flexibility index (Phi) is 6.06. The third-order valence-electron chi connectivity index (χ3n) is 4.47. The van der Waals surface area contributed by atoms with Crippen LogP contribution in [0.25, 0.3) is 10.2 Å². The Balaban J connectivity index is 1.95. The van der Waals surface area contributed by atoms with Crippen molar-refractivity contribution in [3.05, 3.63) is 35.7 Å². The molecule has 0 N–H and O–H groups in total. The Morgan fingerprint density at radius 1 is 1.17 bits per heavy atom. The van der Waals surface area contributed by atoms with Gasteiger partial charge in [0.2, 0.25) is 0 Å². The van der Waals surface area contributed by atoms with Crippen molar-refractivity contribution in [1.82, 2.24) is 19.7 Å². The van der Waals surface area contributed by atoms with E-state index in [9.17, 15) is 13.2 Å². The lowest BCUT2D eigenvalue weighted by molar-refractivity contribution is -0.119. The Morgan fingerprint density at radius 2 is 1.90 bits per heavy atom. The average Bonchev–Trinajstić information content (AvgIpc) is 3.16. The lowest BCUT2D eigenvalue weighted by atomic mass is 10.3. The van der Waals surface area contributed by atoms with Gasteiger partial charge in [-0.15, -0.1) is 0 Å². The van der Waals surface area contributed by atoms with Crippen molar-refractivity contribution in [1.29, 1.82) is 0 Å². The molecule has 2 heterocycles. The third-order valence-corrected chi connectivity index (χ3v) is 6.62. The van der Waals surface area contributed by atoms with Crippen LogP contribution in [0.5, 0.6) is 0 Å². The van der Waals surface area contributed by atoms with Gasteiger partial charge in [0, 0.05) is 25.0 Å². The van der Waals surface area contributed by atoms with Gasteiger partial charge in [-0.25, -0.2) is 13.4 Å². The molecule has 0 radical (unpaired) electrons. The lowest BCUT2D eigenvalue weighted by Gasteiger charge is -2.22. The van der Waals surface area contributed by atoms with Crippen molar-refractivity contribution in [2.75, 3.05) is 38.3 Å². The van der Waals surface area contributed by atoms with Crippen LogP contribution in [0.4, 0.5) is 5.13 Å². The summed E-state index contributed by atoms with van der Waals surface area (Å²) >= 11 is 1.32. The summed E-state index contributed by atoms with van der Waals surface area (Å²) in [5.74, 6) is -0.111. The molecule has 0 unspecified atom stereocenters. The molecule has 1 amide bonds. The molecule has 156 valence electrons. The fourth-order valence-corrected chi connectivity index (χ4v) is 4.68. The zero-order valence-corrected chi connectivity index (χ0v) is 18.8. The standard InChI is InChI=1S/C19H25N5O3S2/c1-13-10-14(2)24(21-13)12-18(25)23(9-8-22(3)4)19-20-16-7-6-15(29(5,26)27)11-17(16)28-19/h6-7,10-11H,8-9,12H2,1-5H3. The van der Waals surface area contributed by atoms with Gasteiger partial charge >= 0.3 is 0 Å². The van der Waals surface area contributed by atoms with Gasteiger partial charge in [0.25, 0.3) is 5.91 Å². The first kappa shape index (κ1) is 21.4. The van der Waals surface area contributed by atoms with Gasteiger partial charge in [0.1, 0.15) is 6.54 Å². The van der Waals surface area contributed by atoms with Crippen molar-refractivity contribution in [2.45, 2.75) is 25.3 Å². The maximum atomic E-state index is 13.1. The second kappa shape index (κ2) is 8.21. The monoisotopic (exact) mass is 435 g/mol. The highest BCUT2D eigenvalue weighted by atomic mass is 32.2. The minimum Gasteiger partial charge on any atom is -0.308 e. The van der Waals surface area contributed by atoms with Crippen molar-refractivity contribution >= 4 is 42.4 Å². The van der Waals surface area contributed by atoms with Crippen molar-refractivity contribution in [3.63, 3.8) is 0 Å². The van der Waals surface area contributed by atoms with Crippen LogP contribution in [-0.2, 0) is 21.2 Å². The summed E-state index contributed by atoms with van der Waals surface area (Å²) in [4.78, 5) is 21.6. The molecule has 3 rings (SSSR count). The Hall–Kier alpha value is -2.30. The number of nitrogens with zero attached hydrogens (tertiary/aromatic N) is 5. The molecule has 0 aliphatic carbocycles. The summed E-state index contributed by atoms with van der Waals surface area (Å²) in [6.07, 6.45) is 1.18. The van der Waals surface area contributed by atoms with Crippen LogP contribution in [0.3, 0.4) is 0 Å². The van der Waals surface area contributed by atoms with E-state index in [1.807, 2.05) is 38.9 Å². The van der Waals surface area contributed by atoms with E-state index in [2.05, 4.69) is 10.1 Å². The number of hydrogen-bond acceptors (Lipinski definition) is 7. The molecule has 0 bridgehead atoms. The number of anilines is 1. The van der Waals surface area contributed by atoms with E-state index in [-0.39, 0.29) is 17.3 Å². The first-order valence-corrected chi connectivity index (χ1v) is 11.8. The molecule has 2 aromatic heterocycles. The summed E-state index contributed by atoms with van der Waals surface area (Å²) in [5.41, 5.74) is 2.46. The van der Waals surface area contributed by atoms with Gasteiger partial charge in [-0.3, -0.25) is 14.4 Å². The van der Waals surface area contributed by atoms with Crippen LogP contribution in [-0.4, -0.2) is 67.4 Å². The number of rotatable bonds is 7. The first-order chi connectivity index (χ1) is 13.5. The summed E-state index contributed by atoms with van der Waals surface area (Å²) in [5, 5.41) is 4.93. The Labute approximate surface area is 174 Å². The van der Waals surface area contributed by atoms with E-state index >= 15 is 0 Å². The summed E-state index contributed by atoms with van der Waals surface area (Å²) in [6.45, 7) is 5.08. The SMILES string of the molecule is Cc1cc(C)n(CC(=O)N(CCN(C)C)c2nc3ccc(S(C)(=O)=O)cc3s2)n1. The van der Waals surface area contributed by atoms with Crippen molar-refractivity contribution in [3.8, 4) is 0 Å². The zero-order chi connectivity index (χ0) is 21.3. The number of carbonyl (C=O) groups excluding carboxylic acids is 1. The quantitative estimate of drug-likeness (QED) is 0.565. The van der Waals surface area contributed by atoms with Crippen LogP contribution >= 0.6 is 11.3 Å². The highest BCUT2D eigenvalue weighted by molar-refractivity contribution is 7.90. The molecule has 29 heavy (non-hydrogen) atoms. The number of carbonyl (C=O) groups is 1. The highest BCUT2D eigenvalue weighted by Crippen LogP contribution is 2.31. The Morgan fingerprint density at radius 3 is 2.48 bits per heavy atom. The van der Waals surface area contributed by atoms with E-state index in [0.717, 1.165) is 16.1 Å². The normalized spacial score (nSPS) is 12.1. The summed E-state index contributed by atoms with van der Waals surface area (Å²) < 4.78 is 26.1. The minimum absolute atomic E-state index is 0.111. The summed E-state index contributed by atoms with van der Waals surface area (Å²) in [6, 6.07) is 6.77. The average molecular weight is 436 g/mol. The van der Waals surface area contributed by atoms with Gasteiger partial charge in [-0.1, -0.05) is 11.3 Å². The number of benzene rings is 1. The number of aryl methyl sites for hydroxylation is 2. The van der Waals surface area contributed by atoms with Gasteiger partial charge in [-0.05, 0) is 52.2 Å². The predicted octanol–water partition coefficient (Wildman–Crippen LogP) is 2.11. The molecule has 0 saturated carbocycles. The fourth-order valence-electron chi connectivity index (χ4n) is 2.91. The maximum Gasteiger partial charge on any atom is 0.250 e. The van der Waals surface area contributed by atoms with Crippen molar-refractivity contribution < 1.29 is 13.2 Å². The second-order valence-electron chi connectivity index (χ2n) is 7.33. The first-order valence-electron chi connectivity index (χ1n) is 9.11. The molecule has 0 aliphatic rings. The molecular weight excluding hydrogens is 410 g/mol. The lowest BCUT2D eigenvalue weighted by Crippen LogP contribution is -2.39. The third kappa shape index (κ3) is 5.01. The number of likely N-dealkylation sites (N-methyl/N-ethyl adjacent to an activating group) is 1. The number of hydrogen-bond donors (Lipinski definition) is 0. The fraction of sp³-hybridized carbons (Fsp3) is 0.421. The number of sulfone groups is 1. The van der Waals surface area contributed by atoms with Crippen LogP contribution in [0.1, 0.15) is 11.4 Å². The summed E-state index contributed by atoms with van der Waals surface area (Å²) in [7, 11) is 0.584. The Bertz CT molecular complexity index is 1150. The van der Waals surface area contributed by atoms with Crippen LogP contribution in [0.15, 0.2) is 29.2 Å². The topological polar surface area (TPSA) is 88.4 Å². The molecule has 0 spiro atoms. The largest absolute Gasteiger partial charge is 0.308 e. The van der Waals surface area contributed by atoms with Gasteiger partial charge < -0.3 is 4.90 Å². The smallest absolute Gasteiger partial charge is 0.250 e. The molecule has 3 aromatic rings. The molecule has 0 saturated heterocycles. The molecule has 8 nitrogen and oxygen atoms in total. The van der Waals surface area contributed by atoms with E-state index < -0.39 is 9.84 Å². The molecule has 0 aliphatic heterocycles. The molecular formula is C19H25N5O3S2. The van der Waals surface area contributed by atoms with Crippen molar-refractivity contribution in [2.24, 2.45) is 0 Å².